The fourth-order valence-corrected chi connectivity index (χ4v) is 5.96. The highest BCUT2D eigenvalue weighted by atomic mass is 32.2. The van der Waals surface area contributed by atoms with Crippen LogP contribution in [0.5, 0.6) is 0 Å². The molecule has 1 aromatic heterocycles. The Morgan fingerprint density at radius 1 is 1.00 bits per heavy atom. The van der Waals surface area contributed by atoms with Crippen molar-refractivity contribution < 1.29 is 22.4 Å². The molecule has 0 bridgehead atoms. The molecule has 2 atom stereocenters. The molecule has 11 heteroatoms. The second-order valence-electron chi connectivity index (χ2n) is 8.74. The van der Waals surface area contributed by atoms with Crippen LogP contribution in [0.1, 0.15) is 25.7 Å². The third-order valence-electron chi connectivity index (χ3n) is 6.37. The third-order valence-corrected chi connectivity index (χ3v) is 8.25. The molecule has 0 saturated carbocycles. The number of nitrogens with one attached hydrogen (secondary N) is 1. The number of nitrogens with zero attached hydrogens (tertiary/aromatic N) is 3. The normalized spacial score (nSPS) is 21.7. The summed E-state index contributed by atoms with van der Waals surface area (Å²) < 4.78 is 40.3. The van der Waals surface area contributed by atoms with Crippen LogP contribution in [0, 0.1) is 17.7 Å². The van der Waals surface area contributed by atoms with Gasteiger partial charge in [-0.25, -0.2) is 17.8 Å². The topological polar surface area (TPSA) is 126 Å². The average Bonchev–Trinajstić information content (AvgIpc) is 2.85. The van der Waals surface area contributed by atoms with Gasteiger partial charge in [-0.15, -0.1) is 0 Å². The fourth-order valence-electron chi connectivity index (χ4n) is 4.44. The highest BCUT2D eigenvalue weighted by Gasteiger charge is 2.33. The molecule has 3 heterocycles. The molecule has 2 saturated heterocycles. The quantitative estimate of drug-likeness (QED) is 0.639. The Hall–Kier alpha value is -3.05. The number of primary amides is 1. The van der Waals surface area contributed by atoms with Gasteiger partial charge in [0.1, 0.15) is 11.6 Å². The van der Waals surface area contributed by atoms with Crippen molar-refractivity contribution >= 4 is 33.3 Å². The number of amides is 2. The van der Waals surface area contributed by atoms with Gasteiger partial charge in [0, 0.05) is 26.2 Å². The first-order valence-electron chi connectivity index (χ1n) is 11.3. The number of rotatable bonds is 6. The molecule has 2 unspecified atom stereocenters. The first-order valence-corrected chi connectivity index (χ1v) is 12.7. The van der Waals surface area contributed by atoms with Crippen molar-refractivity contribution in [1.82, 2.24) is 9.29 Å². The lowest BCUT2D eigenvalue weighted by atomic mass is 9.97. The number of carbonyl (C=O) groups excluding carboxylic acids is 2. The van der Waals surface area contributed by atoms with Gasteiger partial charge < -0.3 is 16.0 Å². The monoisotopic (exact) mass is 489 g/mol. The van der Waals surface area contributed by atoms with Crippen LogP contribution in [0.25, 0.3) is 0 Å². The lowest BCUT2D eigenvalue weighted by molar-refractivity contribution is -0.122. The Morgan fingerprint density at radius 3 is 2.38 bits per heavy atom. The number of aromatic nitrogens is 1. The minimum Gasteiger partial charge on any atom is -0.369 e. The van der Waals surface area contributed by atoms with Gasteiger partial charge in [0.25, 0.3) is 0 Å². The molecule has 2 aliphatic heterocycles. The second kappa shape index (κ2) is 10.1. The van der Waals surface area contributed by atoms with Crippen molar-refractivity contribution in [3.63, 3.8) is 0 Å². The molecule has 2 amide bonds. The van der Waals surface area contributed by atoms with Gasteiger partial charge in [-0.3, -0.25) is 9.59 Å². The van der Waals surface area contributed by atoms with Crippen LogP contribution in [0.4, 0.5) is 15.9 Å². The first-order chi connectivity index (χ1) is 16.2. The molecule has 2 aromatic rings. The van der Waals surface area contributed by atoms with Crippen molar-refractivity contribution in [2.45, 2.75) is 30.6 Å². The van der Waals surface area contributed by atoms with E-state index >= 15 is 0 Å². The van der Waals surface area contributed by atoms with Crippen LogP contribution in [0.3, 0.4) is 0 Å². The van der Waals surface area contributed by atoms with Crippen molar-refractivity contribution in [2.24, 2.45) is 17.6 Å². The molecule has 9 nitrogen and oxygen atoms in total. The average molecular weight is 490 g/mol. The Morgan fingerprint density at radius 2 is 1.71 bits per heavy atom. The highest BCUT2D eigenvalue weighted by molar-refractivity contribution is 7.89. The van der Waals surface area contributed by atoms with E-state index in [0.29, 0.717) is 37.4 Å². The minimum atomic E-state index is -3.81. The summed E-state index contributed by atoms with van der Waals surface area (Å²) in [5, 5.41) is 2.82. The van der Waals surface area contributed by atoms with Gasteiger partial charge in [0.05, 0.1) is 28.6 Å². The van der Waals surface area contributed by atoms with Crippen LogP contribution in [0.2, 0.25) is 0 Å². The van der Waals surface area contributed by atoms with Gasteiger partial charge in [-0.1, -0.05) is 0 Å². The van der Waals surface area contributed by atoms with Crippen LogP contribution >= 0.6 is 0 Å². The number of hydrogen-bond donors (Lipinski definition) is 2. The van der Waals surface area contributed by atoms with Crippen molar-refractivity contribution in [3.8, 4) is 0 Å². The fraction of sp³-hybridized carbons (Fsp3) is 0.435. The number of carbonyl (C=O) groups is 2. The number of hydrogen-bond acceptors (Lipinski definition) is 6. The predicted octanol–water partition coefficient (Wildman–Crippen LogP) is 1.96. The lowest BCUT2D eigenvalue weighted by Crippen LogP contribution is -2.43. The van der Waals surface area contributed by atoms with E-state index in [1.54, 1.807) is 18.3 Å². The van der Waals surface area contributed by atoms with E-state index in [2.05, 4.69) is 10.3 Å². The van der Waals surface area contributed by atoms with Crippen molar-refractivity contribution in [3.05, 3.63) is 48.4 Å². The Bertz CT molecular complexity index is 1140. The van der Waals surface area contributed by atoms with E-state index in [-0.39, 0.29) is 29.2 Å². The molecule has 182 valence electrons. The largest absolute Gasteiger partial charge is 0.369 e. The second-order valence-corrected chi connectivity index (χ2v) is 10.7. The molecular formula is C23H28FN5O4S. The third kappa shape index (κ3) is 5.36. The minimum absolute atomic E-state index is 0.00559. The summed E-state index contributed by atoms with van der Waals surface area (Å²) in [5.74, 6) is -1.10. The number of pyridine rings is 1. The molecule has 3 N–H and O–H groups in total. The standard InChI is InChI=1S/C23H28FN5O4S/c24-18-5-8-20(9-6-18)34(32,33)29-12-2-4-17(15-29)23(31)27-19-7-10-21(26-13-19)28-11-1-3-16(14-28)22(25)30/h5-10,13,16-17H,1-4,11-12,14-15H2,(H2,25,30)(H,27,31). The van der Waals surface area contributed by atoms with E-state index < -0.39 is 21.8 Å². The Balaban J connectivity index is 1.38. The number of piperidine rings is 2. The summed E-state index contributed by atoms with van der Waals surface area (Å²) in [6, 6.07) is 8.20. The summed E-state index contributed by atoms with van der Waals surface area (Å²) in [5.41, 5.74) is 5.95. The summed E-state index contributed by atoms with van der Waals surface area (Å²) >= 11 is 0. The number of nitrogens with two attached hydrogens (primary N) is 1. The molecule has 0 aliphatic carbocycles. The number of halogens is 1. The molecule has 4 rings (SSSR count). The molecule has 0 spiro atoms. The van der Waals surface area contributed by atoms with Crippen molar-refractivity contribution in [1.29, 1.82) is 0 Å². The lowest BCUT2D eigenvalue weighted by Gasteiger charge is -2.32. The zero-order valence-electron chi connectivity index (χ0n) is 18.7. The number of anilines is 2. The summed E-state index contributed by atoms with van der Waals surface area (Å²) in [7, 11) is -3.81. The molecule has 2 aliphatic rings. The SMILES string of the molecule is NC(=O)C1CCCN(c2ccc(NC(=O)C3CCCN(S(=O)(=O)c4ccc(F)cc4)C3)cn2)C1. The zero-order valence-corrected chi connectivity index (χ0v) is 19.5. The van der Waals surface area contributed by atoms with Crippen LogP contribution in [0.15, 0.2) is 47.5 Å². The molecule has 1 aromatic carbocycles. The maximum absolute atomic E-state index is 13.2. The Labute approximate surface area is 198 Å². The van der Waals surface area contributed by atoms with E-state index in [1.165, 1.54) is 16.4 Å². The van der Waals surface area contributed by atoms with Gasteiger partial charge in [0.2, 0.25) is 21.8 Å². The molecule has 0 radical (unpaired) electrons. The van der Waals surface area contributed by atoms with Crippen LogP contribution in [-0.4, -0.2) is 55.7 Å². The van der Waals surface area contributed by atoms with Gasteiger partial charge in [0.15, 0.2) is 0 Å². The van der Waals surface area contributed by atoms with E-state index in [9.17, 15) is 22.4 Å². The van der Waals surface area contributed by atoms with Gasteiger partial charge >= 0.3 is 0 Å². The Kier molecular flexibility index (Phi) is 7.13. The zero-order chi connectivity index (χ0) is 24.3. The molecular weight excluding hydrogens is 461 g/mol. The van der Waals surface area contributed by atoms with Crippen LogP contribution in [-0.2, 0) is 19.6 Å². The summed E-state index contributed by atoms with van der Waals surface area (Å²) in [6.07, 6.45) is 4.29. The maximum Gasteiger partial charge on any atom is 0.243 e. The maximum atomic E-state index is 13.2. The summed E-state index contributed by atoms with van der Waals surface area (Å²) in [6.45, 7) is 1.67. The number of benzene rings is 1. The molecule has 2 fully saturated rings. The van der Waals surface area contributed by atoms with Crippen molar-refractivity contribution in [2.75, 3.05) is 36.4 Å². The predicted molar refractivity (Wildman–Crippen MR) is 125 cm³/mol. The van der Waals surface area contributed by atoms with E-state index in [0.717, 1.165) is 31.5 Å². The summed E-state index contributed by atoms with van der Waals surface area (Å²) in [4.78, 5) is 30.8. The highest BCUT2D eigenvalue weighted by Crippen LogP contribution is 2.26. The van der Waals surface area contributed by atoms with Gasteiger partial charge in [-0.05, 0) is 62.1 Å². The number of sulfonamides is 1. The van der Waals surface area contributed by atoms with E-state index in [1.807, 2.05) is 4.90 Å². The van der Waals surface area contributed by atoms with E-state index in [4.69, 9.17) is 5.73 Å². The van der Waals surface area contributed by atoms with Gasteiger partial charge in [-0.2, -0.15) is 4.31 Å². The van der Waals surface area contributed by atoms with Crippen LogP contribution < -0.4 is 16.0 Å². The smallest absolute Gasteiger partial charge is 0.243 e. The molecule has 34 heavy (non-hydrogen) atoms. The first kappa shape index (κ1) is 24.1.